The van der Waals surface area contributed by atoms with Crippen molar-refractivity contribution >= 4 is 35.8 Å². The SMILES string of the molecule is C/C=C/C(C)C1OC1CC(C)/C=C/C=C(\C)C1OC(=O)CC2CCC(C)(O2)C(OC(C)=O)/C=C/C1C.CCC(F)C(C)C1OC1CC(C)/C=C/C=C(\C)C1OC(=O)CC2CCC(C)(O2)C(OC(C)=O)/C=C/C1C.CCCC(C)(F)C1OC1CC(C)/C=C/C=C(\C)C1OC(=O)CC2CCC(C)(O2)C(OC(C)=O)/C=C/C1C. The lowest BCUT2D eigenvalue weighted by molar-refractivity contribution is -0.164. The predicted molar refractivity (Wildman–Crippen MR) is 421 cm³/mol. The molecular formula is C90H134F2O18. The second-order valence-electron chi connectivity index (χ2n) is 34.0. The Morgan fingerprint density at radius 1 is 0.527 bits per heavy atom. The first-order valence-electron chi connectivity index (χ1n) is 41.0. The van der Waals surface area contributed by atoms with E-state index in [1.54, 1.807) is 6.92 Å². The molecule has 6 fully saturated rings. The molecule has 0 saturated carbocycles. The fraction of sp³-hybridized carbons (Fsp3) is 0.711. The van der Waals surface area contributed by atoms with Crippen molar-refractivity contribution in [3.63, 3.8) is 0 Å². The highest BCUT2D eigenvalue weighted by Gasteiger charge is 2.53. The number of alkyl halides is 2. The van der Waals surface area contributed by atoms with Crippen LogP contribution in [0.5, 0.6) is 0 Å². The molecule has 0 radical (unpaired) electrons. The van der Waals surface area contributed by atoms with Gasteiger partial charge in [-0.1, -0.05) is 161 Å². The van der Waals surface area contributed by atoms with Crippen molar-refractivity contribution in [1.29, 1.82) is 0 Å². The van der Waals surface area contributed by atoms with E-state index in [2.05, 4.69) is 64.2 Å². The molecule has 0 amide bonds. The Labute approximate surface area is 656 Å². The normalized spacial score (nSPS) is 37.8. The average Bonchev–Trinajstić information content (AvgIpc) is 1.63. The van der Waals surface area contributed by atoms with Crippen LogP contribution in [0.15, 0.2) is 120 Å². The molecule has 6 bridgehead atoms. The highest BCUT2D eigenvalue weighted by Crippen LogP contribution is 2.45. The number of rotatable bonds is 26. The van der Waals surface area contributed by atoms with E-state index >= 15 is 0 Å². The topological polar surface area (TPSA) is 223 Å². The molecule has 0 aromatic rings. The zero-order valence-electron chi connectivity index (χ0n) is 69.9. The second-order valence-corrected chi connectivity index (χ2v) is 34.0. The molecule has 0 aromatic heterocycles. The zero-order chi connectivity index (χ0) is 81.2. The Balaban J connectivity index is 0.000000229. The second kappa shape index (κ2) is 41.2. The van der Waals surface area contributed by atoms with E-state index in [-0.39, 0.29) is 133 Å². The summed E-state index contributed by atoms with van der Waals surface area (Å²) in [6, 6.07) is 0. The van der Waals surface area contributed by atoms with Crippen LogP contribution in [-0.4, -0.2) is 156 Å². The van der Waals surface area contributed by atoms with Crippen molar-refractivity contribution in [2.75, 3.05) is 0 Å². The Bertz CT molecular complexity index is 3400. The molecular weight excluding hydrogens is 1410 g/mol. The molecule has 110 heavy (non-hydrogen) atoms. The molecule has 28 unspecified atom stereocenters. The smallest absolute Gasteiger partial charge is 0.309 e. The molecule has 28 atom stereocenters. The van der Waals surface area contributed by atoms with Crippen LogP contribution in [0.25, 0.3) is 0 Å². The van der Waals surface area contributed by atoms with E-state index in [1.807, 2.05) is 157 Å². The van der Waals surface area contributed by atoms with Gasteiger partial charge in [0.25, 0.3) is 0 Å². The fourth-order valence-electron chi connectivity index (χ4n) is 16.5. The number of ether oxygens (including phenoxy) is 12. The van der Waals surface area contributed by atoms with Gasteiger partial charge in [-0.05, 0) is 179 Å². The monoisotopic (exact) mass is 1540 g/mol. The van der Waals surface area contributed by atoms with Gasteiger partial charge < -0.3 is 56.8 Å². The number of hydrogen-bond donors (Lipinski definition) is 0. The number of esters is 6. The predicted octanol–water partition coefficient (Wildman–Crippen LogP) is 18.1. The highest BCUT2D eigenvalue weighted by atomic mass is 19.1. The number of cyclic esters (lactones) is 3. The molecule has 616 valence electrons. The Hall–Kier alpha value is -6.16. The summed E-state index contributed by atoms with van der Waals surface area (Å²) in [4.78, 5) is 73.7. The van der Waals surface area contributed by atoms with Crippen LogP contribution in [0.1, 0.15) is 242 Å². The summed E-state index contributed by atoms with van der Waals surface area (Å²) >= 11 is 0. The van der Waals surface area contributed by atoms with E-state index in [1.165, 1.54) is 20.8 Å². The average molecular weight is 1540 g/mol. The minimum atomic E-state index is -1.27. The number of hydrogen-bond acceptors (Lipinski definition) is 18. The lowest BCUT2D eigenvalue weighted by Gasteiger charge is -2.31. The summed E-state index contributed by atoms with van der Waals surface area (Å²) in [7, 11) is 0. The van der Waals surface area contributed by atoms with Crippen molar-refractivity contribution in [1.82, 2.24) is 0 Å². The molecule has 18 nitrogen and oxygen atoms in total. The fourth-order valence-corrected chi connectivity index (χ4v) is 16.5. The van der Waals surface area contributed by atoms with Crippen molar-refractivity contribution in [3.05, 3.63) is 120 Å². The number of halogens is 2. The summed E-state index contributed by atoms with van der Waals surface area (Å²) in [5.74, 6) is -1.03. The van der Waals surface area contributed by atoms with Crippen LogP contribution >= 0.6 is 0 Å². The third-order valence-corrected chi connectivity index (χ3v) is 23.2. The molecule has 0 aromatic carbocycles. The summed E-state index contributed by atoms with van der Waals surface area (Å²) in [5, 5.41) is 0. The van der Waals surface area contributed by atoms with Crippen molar-refractivity contribution in [3.8, 4) is 0 Å². The molecule has 20 heteroatoms. The van der Waals surface area contributed by atoms with Gasteiger partial charge >= 0.3 is 35.8 Å². The van der Waals surface area contributed by atoms with Crippen LogP contribution in [0.4, 0.5) is 8.78 Å². The van der Waals surface area contributed by atoms with Gasteiger partial charge in [-0.3, -0.25) is 28.8 Å². The minimum absolute atomic E-state index is 0.0134. The number of allylic oxidation sites excluding steroid dienone is 10. The van der Waals surface area contributed by atoms with Gasteiger partial charge in [0.1, 0.15) is 71.4 Å². The van der Waals surface area contributed by atoms with Gasteiger partial charge in [-0.15, -0.1) is 0 Å². The number of epoxide rings is 3. The Morgan fingerprint density at radius 3 is 1.19 bits per heavy atom. The van der Waals surface area contributed by atoms with E-state index in [4.69, 9.17) is 56.8 Å². The summed E-state index contributed by atoms with van der Waals surface area (Å²) in [5.41, 5.74) is -0.451. The quantitative estimate of drug-likeness (QED) is 0.0258. The van der Waals surface area contributed by atoms with E-state index in [9.17, 15) is 37.5 Å². The maximum absolute atomic E-state index is 14.7. The lowest BCUT2D eigenvalue weighted by Crippen LogP contribution is -2.41. The Kier molecular flexibility index (Phi) is 34.1. The van der Waals surface area contributed by atoms with E-state index < -0.39 is 65.3 Å². The third-order valence-electron chi connectivity index (χ3n) is 23.2. The van der Waals surface area contributed by atoms with Crippen LogP contribution in [0.3, 0.4) is 0 Å². The molecule has 6 saturated heterocycles. The lowest BCUT2D eigenvalue weighted by atomic mass is 9.91. The first kappa shape index (κ1) is 91.0. The minimum Gasteiger partial charge on any atom is -0.457 e. The summed E-state index contributed by atoms with van der Waals surface area (Å²) in [6.07, 6.45) is 39.3. The number of carbonyl (C=O) groups excluding carboxylic acids is 6. The van der Waals surface area contributed by atoms with Crippen molar-refractivity contribution in [2.45, 2.75) is 362 Å². The van der Waals surface area contributed by atoms with Crippen LogP contribution in [0.2, 0.25) is 0 Å². The van der Waals surface area contributed by atoms with Crippen molar-refractivity contribution < 1.29 is 94.4 Å². The number of fused-ring (bicyclic) bond motifs is 6. The first-order chi connectivity index (χ1) is 51.8. The third kappa shape index (κ3) is 27.3. The van der Waals surface area contributed by atoms with Gasteiger partial charge in [0.05, 0.1) is 68.1 Å². The maximum atomic E-state index is 14.7. The molecule has 0 N–H and O–H groups in total. The van der Waals surface area contributed by atoms with E-state index in [0.717, 1.165) is 48.8 Å². The van der Waals surface area contributed by atoms with E-state index in [0.29, 0.717) is 69.0 Å². The molecule has 9 aliphatic heterocycles. The Morgan fingerprint density at radius 2 is 0.864 bits per heavy atom. The zero-order valence-corrected chi connectivity index (χ0v) is 69.9. The standard InChI is InChI=1S/2C30H45FO6.C30H44O6/c1-8-24(31)21(5)29-25(35-29)16-18(2)10-9-11-19(3)28-20(4)12-13-26(34-22(6)32)30(7)15-14-23(37-30)17-27(33)36-28;1-8-15-29(6,31)28-24(35-28)17-19(2)10-9-11-20(3)27-21(4)12-13-25(34-22(5)32)30(7)16-14-23(37-30)18-26(33)36-27;1-8-10-20(3)29-25(34-29)17-19(2)11-9-12-21(4)28-22(5)13-14-26(33-23(6)31)30(7)16-15-24(36-30)18-27(32)35-28/h9-13,18,20-21,23-26,28-29H,8,14-17H2,1-7H3;9-13,19,21,23-25,27-28H,8,14-18H2,1-7H3;8-14,19-20,22,24-26,28-29H,15-18H2,1-7H3/b10-9+,13-12+,19-11+;10-9+,13-12+,20-11+;10-8+,11-9+,14-13+,21-12+. The van der Waals surface area contributed by atoms with Crippen LogP contribution in [0, 0.1) is 47.3 Å². The van der Waals surface area contributed by atoms with Crippen LogP contribution < -0.4 is 0 Å². The molecule has 0 spiro atoms. The largest absolute Gasteiger partial charge is 0.457 e. The summed E-state index contributed by atoms with van der Waals surface area (Å²) in [6.45, 7) is 40.0. The molecule has 9 aliphatic rings. The van der Waals surface area contributed by atoms with Gasteiger partial charge in [0, 0.05) is 50.4 Å². The van der Waals surface area contributed by atoms with Gasteiger partial charge in [0.15, 0.2) is 0 Å². The van der Waals surface area contributed by atoms with Gasteiger partial charge in [-0.2, -0.15) is 0 Å². The van der Waals surface area contributed by atoms with Crippen LogP contribution in [-0.2, 0) is 85.6 Å². The maximum Gasteiger partial charge on any atom is 0.309 e. The first-order valence-corrected chi connectivity index (χ1v) is 41.0. The number of carbonyl (C=O) groups is 6. The molecule has 9 rings (SSSR count). The highest BCUT2D eigenvalue weighted by molar-refractivity contribution is 5.72. The molecule has 9 heterocycles. The van der Waals surface area contributed by atoms with Gasteiger partial charge in [0.2, 0.25) is 0 Å². The van der Waals surface area contributed by atoms with Crippen molar-refractivity contribution in [2.24, 2.45) is 47.3 Å². The van der Waals surface area contributed by atoms with Gasteiger partial charge in [-0.25, -0.2) is 8.78 Å². The summed E-state index contributed by atoms with van der Waals surface area (Å²) < 4.78 is 99.0. The molecule has 0 aliphatic carbocycles.